The van der Waals surface area contributed by atoms with E-state index < -0.39 is 15.8 Å². The summed E-state index contributed by atoms with van der Waals surface area (Å²) in [6, 6.07) is 12.4. The van der Waals surface area contributed by atoms with Crippen LogP contribution in [0.1, 0.15) is 16.7 Å². The molecule has 0 aliphatic heterocycles. The van der Waals surface area contributed by atoms with E-state index in [1.165, 1.54) is 0 Å². The number of rotatable bonds is 5. The minimum atomic E-state index is -3.44. The largest absolute Gasteiger partial charge is 0.417 e. The van der Waals surface area contributed by atoms with Gasteiger partial charge in [0.1, 0.15) is 0 Å². The van der Waals surface area contributed by atoms with Gasteiger partial charge in [-0.2, -0.15) is 0 Å². The second-order valence-electron chi connectivity index (χ2n) is 5.41. The van der Waals surface area contributed by atoms with Gasteiger partial charge in [-0.15, -0.1) is 0 Å². The first-order valence-electron chi connectivity index (χ1n) is 7.06. The Morgan fingerprint density at radius 1 is 1.09 bits per heavy atom. The molecule has 0 radical (unpaired) electrons. The zero-order valence-electron chi connectivity index (χ0n) is 12.5. The van der Waals surface area contributed by atoms with Crippen molar-refractivity contribution >= 4 is 21.1 Å². The zero-order valence-corrected chi connectivity index (χ0v) is 13.3. The first-order chi connectivity index (χ1) is 10.9. The fourth-order valence-electron chi connectivity index (χ4n) is 2.26. The number of hydrogen-bond acceptors (Lipinski definition) is 4. The minimum absolute atomic E-state index is 0.0714. The van der Waals surface area contributed by atoms with Crippen molar-refractivity contribution in [3.05, 3.63) is 69.7 Å². The Hall–Kier alpha value is -2.38. The van der Waals surface area contributed by atoms with Crippen LogP contribution in [0.2, 0.25) is 0 Å². The Kier molecular flexibility index (Phi) is 4.06. The molecule has 1 heterocycles. The maximum Gasteiger partial charge on any atom is 0.417 e. The van der Waals surface area contributed by atoms with Crippen LogP contribution >= 0.6 is 0 Å². The molecular formula is C16H16N2O4S. The number of hydrogen-bond donors (Lipinski definition) is 2. The van der Waals surface area contributed by atoms with E-state index in [4.69, 9.17) is 4.42 Å². The average Bonchev–Trinajstić information content (AvgIpc) is 2.87. The van der Waals surface area contributed by atoms with Crippen LogP contribution in [0.5, 0.6) is 0 Å². The molecule has 0 saturated heterocycles. The highest BCUT2D eigenvalue weighted by atomic mass is 32.2. The van der Waals surface area contributed by atoms with E-state index >= 15 is 0 Å². The van der Waals surface area contributed by atoms with Gasteiger partial charge in [0.05, 0.1) is 11.3 Å². The Bertz CT molecular complexity index is 985. The predicted octanol–water partition coefficient (Wildman–Crippen LogP) is 2.05. The molecule has 0 aliphatic rings. The number of fused-ring (bicyclic) bond motifs is 1. The van der Waals surface area contributed by atoms with Crippen LogP contribution in [-0.4, -0.2) is 13.4 Å². The molecule has 0 amide bonds. The number of sulfonamides is 1. The normalized spacial score (nSPS) is 11.9. The third kappa shape index (κ3) is 3.88. The van der Waals surface area contributed by atoms with Crippen LogP contribution in [0.3, 0.4) is 0 Å². The molecule has 0 bridgehead atoms. The molecular weight excluding hydrogens is 316 g/mol. The summed E-state index contributed by atoms with van der Waals surface area (Å²) in [5.74, 6) is -0.602. The molecule has 120 valence electrons. The fourth-order valence-corrected chi connectivity index (χ4v) is 3.38. The van der Waals surface area contributed by atoms with Crippen molar-refractivity contribution in [2.75, 3.05) is 0 Å². The van der Waals surface area contributed by atoms with Gasteiger partial charge in [-0.3, -0.25) is 4.98 Å². The van der Waals surface area contributed by atoms with E-state index in [0.717, 1.165) is 16.7 Å². The molecule has 2 N–H and O–H groups in total. The van der Waals surface area contributed by atoms with Gasteiger partial charge < -0.3 is 4.42 Å². The summed E-state index contributed by atoms with van der Waals surface area (Å²) in [5.41, 5.74) is 3.55. The molecule has 0 saturated carbocycles. The van der Waals surface area contributed by atoms with Crippen LogP contribution in [0.4, 0.5) is 0 Å². The molecule has 3 aromatic rings. The lowest BCUT2D eigenvalue weighted by Crippen LogP contribution is -2.24. The van der Waals surface area contributed by atoms with Crippen molar-refractivity contribution in [2.45, 2.75) is 19.2 Å². The number of aryl methyl sites for hydroxylation is 1. The Morgan fingerprint density at radius 2 is 1.78 bits per heavy atom. The molecule has 3 rings (SSSR count). The summed E-state index contributed by atoms with van der Waals surface area (Å²) in [6.07, 6.45) is 0. The number of aromatic amines is 1. The summed E-state index contributed by atoms with van der Waals surface area (Å²) < 4.78 is 31.7. The lowest BCUT2D eigenvalue weighted by molar-refractivity contribution is 0.555. The van der Waals surface area contributed by atoms with Gasteiger partial charge in [-0.05, 0) is 30.2 Å². The predicted molar refractivity (Wildman–Crippen MR) is 87.5 cm³/mol. The summed E-state index contributed by atoms with van der Waals surface area (Å²) in [4.78, 5) is 13.7. The molecule has 7 heteroatoms. The molecule has 0 aliphatic carbocycles. The van der Waals surface area contributed by atoms with Gasteiger partial charge in [0, 0.05) is 6.54 Å². The third-order valence-corrected chi connectivity index (χ3v) is 4.75. The Morgan fingerprint density at radius 3 is 2.52 bits per heavy atom. The minimum Gasteiger partial charge on any atom is -0.408 e. The van der Waals surface area contributed by atoms with Gasteiger partial charge in [0.2, 0.25) is 10.0 Å². The standard InChI is InChI=1S/C16H16N2O4S/c1-11-2-4-12(5-3-11)10-23(20,21)17-9-13-6-7-15-14(8-13)18-16(19)22-15/h2-8,17H,9-10H2,1H3,(H,18,19). The van der Waals surface area contributed by atoms with E-state index in [9.17, 15) is 13.2 Å². The van der Waals surface area contributed by atoms with Crippen molar-refractivity contribution < 1.29 is 12.8 Å². The topological polar surface area (TPSA) is 92.2 Å². The lowest BCUT2D eigenvalue weighted by Gasteiger charge is -2.07. The van der Waals surface area contributed by atoms with Crippen LogP contribution < -0.4 is 10.5 Å². The number of H-pyrrole nitrogens is 1. The molecule has 2 aromatic carbocycles. The van der Waals surface area contributed by atoms with E-state index in [-0.39, 0.29) is 12.3 Å². The number of benzene rings is 2. The second kappa shape index (κ2) is 6.02. The highest BCUT2D eigenvalue weighted by molar-refractivity contribution is 7.88. The van der Waals surface area contributed by atoms with Crippen molar-refractivity contribution in [1.82, 2.24) is 9.71 Å². The SMILES string of the molecule is Cc1ccc(CS(=O)(=O)NCc2ccc3oc(=O)[nH]c3c2)cc1. The van der Waals surface area contributed by atoms with Crippen molar-refractivity contribution in [3.8, 4) is 0 Å². The number of nitrogens with one attached hydrogen (secondary N) is 2. The van der Waals surface area contributed by atoms with Gasteiger partial charge in [-0.1, -0.05) is 35.9 Å². The van der Waals surface area contributed by atoms with Crippen LogP contribution in [0.25, 0.3) is 11.1 Å². The van der Waals surface area contributed by atoms with E-state index in [1.807, 2.05) is 19.1 Å². The molecule has 0 spiro atoms. The summed E-state index contributed by atoms with van der Waals surface area (Å²) in [5, 5.41) is 0. The maximum absolute atomic E-state index is 12.1. The third-order valence-electron chi connectivity index (χ3n) is 3.46. The quantitative estimate of drug-likeness (QED) is 0.748. The Labute approximate surface area is 133 Å². The molecule has 0 unspecified atom stereocenters. The summed E-state index contributed by atoms with van der Waals surface area (Å²) in [6.45, 7) is 2.10. The van der Waals surface area contributed by atoms with Gasteiger partial charge >= 0.3 is 5.76 Å². The number of oxazole rings is 1. The monoisotopic (exact) mass is 332 g/mol. The summed E-state index contributed by atoms with van der Waals surface area (Å²) >= 11 is 0. The molecule has 0 atom stereocenters. The molecule has 23 heavy (non-hydrogen) atoms. The summed E-state index contributed by atoms with van der Waals surface area (Å²) in [7, 11) is -3.44. The van der Waals surface area contributed by atoms with Crippen molar-refractivity contribution in [1.29, 1.82) is 0 Å². The van der Waals surface area contributed by atoms with Gasteiger partial charge in [0.25, 0.3) is 0 Å². The molecule has 6 nitrogen and oxygen atoms in total. The van der Waals surface area contributed by atoms with Crippen LogP contribution in [0.15, 0.2) is 51.7 Å². The molecule has 0 fully saturated rings. The smallest absolute Gasteiger partial charge is 0.408 e. The fraction of sp³-hybridized carbons (Fsp3) is 0.188. The van der Waals surface area contributed by atoms with Gasteiger partial charge in [0.15, 0.2) is 5.58 Å². The highest BCUT2D eigenvalue weighted by Crippen LogP contribution is 2.13. The number of aromatic nitrogens is 1. The Balaban J connectivity index is 1.69. The first kappa shape index (κ1) is 15.5. The zero-order chi connectivity index (χ0) is 16.4. The van der Waals surface area contributed by atoms with E-state index in [1.54, 1.807) is 30.3 Å². The van der Waals surface area contributed by atoms with Crippen molar-refractivity contribution in [2.24, 2.45) is 0 Å². The second-order valence-corrected chi connectivity index (χ2v) is 7.22. The van der Waals surface area contributed by atoms with E-state index in [2.05, 4.69) is 9.71 Å². The highest BCUT2D eigenvalue weighted by Gasteiger charge is 2.12. The lowest BCUT2D eigenvalue weighted by atomic mass is 10.2. The van der Waals surface area contributed by atoms with Gasteiger partial charge in [-0.25, -0.2) is 17.9 Å². The molecule has 1 aromatic heterocycles. The van der Waals surface area contributed by atoms with Crippen molar-refractivity contribution in [3.63, 3.8) is 0 Å². The maximum atomic E-state index is 12.1. The first-order valence-corrected chi connectivity index (χ1v) is 8.71. The van der Waals surface area contributed by atoms with Crippen LogP contribution in [-0.2, 0) is 22.3 Å². The van der Waals surface area contributed by atoms with Crippen LogP contribution in [0, 0.1) is 6.92 Å². The average molecular weight is 332 g/mol. The van der Waals surface area contributed by atoms with E-state index in [0.29, 0.717) is 11.1 Å².